The Hall–Kier alpha value is -2.37. The first-order chi connectivity index (χ1) is 9.63. The maximum Gasteiger partial charge on any atom is 0.246 e. The van der Waals surface area contributed by atoms with E-state index in [-0.39, 0.29) is 24.9 Å². The van der Waals surface area contributed by atoms with E-state index in [1.54, 1.807) is 0 Å². The average molecular weight is 273 g/mol. The first kappa shape index (κ1) is 12.7. The lowest BCUT2D eigenvalue weighted by Crippen LogP contribution is -2.53. The van der Waals surface area contributed by atoms with Gasteiger partial charge < -0.3 is 10.2 Å². The SMILES string of the molecule is O=C1CN(C(=O)CC2CNc3ccccc32)CC(=O)N1. The third-order valence-corrected chi connectivity index (χ3v) is 3.66. The molecule has 0 saturated carbocycles. The van der Waals surface area contributed by atoms with Crippen LogP contribution < -0.4 is 10.6 Å². The number of piperazine rings is 1. The summed E-state index contributed by atoms with van der Waals surface area (Å²) in [4.78, 5) is 36.1. The van der Waals surface area contributed by atoms with Crippen molar-refractivity contribution in [2.24, 2.45) is 0 Å². The van der Waals surface area contributed by atoms with Crippen LogP contribution in [0.1, 0.15) is 17.9 Å². The number of carbonyl (C=O) groups excluding carboxylic acids is 3. The minimum atomic E-state index is -0.417. The molecule has 1 fully saturated rings. The molecule has 0 aliphatic carbocycles. The molecule has 0 radical (unpaired) electrons. The van der Waals surface area contributed by atoms with E-state index in [9.17, 15) is 14.4 Å². The van der Waals surface area contributed by atoms with E-state index in [2.05, 4.69) is 10.6 Å². The van der Waals surface area contributed by atoms with Gasteiger partial charge in [0, 0.05) is 24.6 Å². The highest BCUT2D eigenvalue weighted by Gasteiger charge is 2.30. The van der Waals surface area contributed by atoms with Gasteiger partial charge in [-0.05, 0) is 11.6 Å². The van der Waals surface area contributed by atoms with Crippen LogP contribution in [0, 0.1) is 0 Å². The second-order valence-electron chi connectivity index (χ2n) is 5.09. The van der Waals surface area contributed by atoms with Crippen LogP contribution in [0.3, 0.4) is 0 Å². The summed E-state index contributed by atoms with van der Waals surface area (Å²) in [5.41, 5.74) is 2.17. The lowest BCUT2D eigenvalue weighted by molar-refractivity contribution is -0.145. The van der Waals surface area contributed by atoms with E-state index in [1.807, 2.05) is 24.3 Å². The Balaban J connectivity index is 1.68. The van der Waals surface area contributed by atoms with E-state index in [0.29, 0.717) is 13.0 Å². The monoisotopic (exact) mass is 273 g/mol. The van der Waals surface area contributed by atoms with Crippen molar-refractivity contribution in [2.75, 3.05) is 25.0 Å². The number of anilines is 1. The maximum absolute atomic E-state index is 12.2. The third kappa shape index (κ3) is 2.36. The lowest BCUT2D eigenvalue weighted by Gasteiger charge is -2.26. The summed E-state index contributed by atoms with van der Waals surface area (Å²) in [5, 5.41) is 5.45. The molecule has 2 aliphatic rings. The van der Waals surface area contributed by atoms with Gasteiger partial charge in [-0.3, -0.25) is 19.7 Å². The summed E-state index contributed by atoms with van der Waals surface area (Å²) in [5.74, 6) is -0.894. The number of benzene rings is 1. The van der Waals surface area contributed by atoms with Gasteiger partial charge in [-0.1, -0.05) is 18.2 Å². The molecule has 3 rings (SSSR count). The number of nitrogens with zero attached hydrogens (tertiary/aromatic N) is 1. The lowest BCUT2D eigenvalue weighted by atomic mass is 9.97. The molecule has 1 aromatic rings. The van der Waals surface area contributed by atoms with E-state index in [1.165, 1.54) is 4.90 Å². The van der Waals surface area contributed by atoms with Crippen LogP contribution in [-0.2, 0) is 14.4 Å². The predicted molar refractivity (Wildman–Crippen MR) is 72.0 cm³/mol. The number of hydrogen-bond acceptors (Lipinski definition) is 4. The molecule has 2 N–H and O–H groups in total. The molecule has 0 aromatic heterocycles. The number of rotatable bonds is 2. The topological polar surface area (TPSA) is 78.5 Å². The number of fused-ring (bicyclic) bond motifs is 1. The Morgan fingerprint density at radius 2 is 1.90 bits per heavy atom. The molecular weight excluding hydrogens is 258 g/mol. The van der Waals surface area contributed by atoms with Crippen molar-refractivity contribution >= 4 is 23.4 Å². The van der Waals surface area contributed by atoms with Gasteiger partial charge >= 0.3 is 0 Å². The van der Waals surface area contributed by atoms with Crippen LogP contribution >= 0.6 is 0 Å². The third-order valence-electron chi connectivity index (χ3n) is 3.66. The molecular formula is C14H15N3O3. The number of para-hydroxylation sites is 1. The number of carbonyl (C=O) groups is 3. The van der Waals surface area contributed by atoms with Crippen molar-refractivity contribution in [3.8, 4) is 0 Å². The second kappa shape index (κ2) is 4.96. The van der Waals surface area contributed by atoms with Crippen molar-refractivity contribution in [3.63, 3.8) is 0 Å². The van der Waals surface area contributed by atoms with Crippen LogP contribution in [0.25, 0.3) is 0 Å². The number of nitrogens with one attached hydrogen (secondary N) is 2. The molecule has 2 heterocycles. The van der Waals surface area contributed by atoms with Crippen LogP contribution in [0.15, 0.2) is 24.3 Å². The molecule has 6 heteroatoms. The van der Waals surface area contributed by atoms with E-state index in [0.717, 1.165) is 11.3 Å². The Morgan fingerprint density at radius 1 is 1.20 bits per heavy atom. The van der Waals surface area contributed by atoms with E-state index >= 15 is 0 Å². The smallest absolute Gasteiger partial charge is 0.246 e. The van der Waals surface area contributed by atoms with Crippen molar-refractivity contribution in [3.05, 3.63) is 29.8 Å². The van der Waals surface area contributed by atoms with Gasteiger partial charge in [0.1, 0.15) is 13.1 Å². The zero-order valence-corrected chi connectivity index (χ0v) is 10.9. The molecule has 1 atom stereocenters. The fourth-order valence-electron chi connectivity index (χ4n) is 2.69. The zero-order chi connectivity index (χ0) is 14.1. The Kier molecular flexibility index (Phi) is 3.14. The van der Waals surface area contributed by atoms with Gasteiger partial charge in [-0.25, -0.2) is 0 Å². The summed E-state index contributed by atoms with van der Waals surface area (Å²) in [7, 11) is 0. The maximum atomic E-state index is 12.2. The average Bonchev–Trinajstić information content (AvgIpc) is 2.81. The minimum absolute atomic E-state index is 0.0353. The quantitative estimate of drug-likeness (QED) is 0.748. The molecule has 6 nitrogen and oxygen atoms in total. The largest absolute Gasteiger partial charge is 0.384 e. The van der Waals surface area contributed by atoms with Crippen LogP contribution in [0.4, 0.5) is 5.69 Å². The molecule has 1 aromatic carbocycles. The number of amides is 3. The van der Waals surface area contributed by atoms with Gasteiger partial charge in [0.15, 0.2) is 0 Å². The van der Waals surface area contributed by atoms with Crippen LogP contribution in [0.2, 0.25) is 0 Å². The second-order valence-corrected chi connectivity index (χ2v) is 5.09. The fraction of sp³-hybridized carbons (Fsp3) is 0.357. The van der Waals surface area contributed by atoms with Gasteiger partial charge in [-0.2, -0.15) is 0 Å². The summed E-state index contributed by atoms with van der Waals surface area (Å²) < 4.78 is 0. The number of hydrogen-bond donors (Lipinski definition) is 2. The van der Waals surface area contributed by atoms with Crippen molar-refractivity contribution in [1.82, 2.24) is 10.2 Å². The van der Waals surface area contributed by atoms with Crippen molar-refractivity contribution in [2.45, 2.75) is 12.3 Å². The highest BCUT2D eigenvalue weighted by molar-refractivity contribution is 6.02. The predicted octanol–water partition coefficient (Wildman–Crippen LogP) is 0.0708. The minimum Gasteiger partial charge on any atom is -0.384 e. The van der Waals surface area contributed by atoms with Gasteiger partial charge in [0.2, 0.25) is 17.7 Å². The summed E-state index contributed by atoms with van der Waals surface area (Å²) in [6.07, 6.45) is 0.310. The molecule has 104 valence electrons. The first-order valence-electron chi connectivity index (χ1n) is 6.57. The van der Waals surface area contributed by atoms with E-state index < -0.39 is 11.8 Å². The normalized spacial score (nSPS) is 21.2. The molecule has 0 spiro atoms. The highest BCUT2D eigenvalue weighted by Crippen LogP contribution is 2.33. The molecule has 3 amide bonds. The summed E-state index contributed by atoms with van der Waals surface area (Å²) in [6.45, 7) is 0.637. The van der Waals surface area contributed by atoms with Crippen LogP contribution in [-0.4, -0.2) is 42.3 Å². The van der Waals surface area contributed by atoms with Crippen LogP contribution in [0.5, 0.6) is 0 Å². The van der Waals surface area contributed by atoms with E-state index in [4.69, 9.17) is 0 Å². The molecule has 1 unspecified atom stereocenters. The molecule has 20 heavy (non-hydrogen) atoms. The standard InChI is InChI=1S/C14H15N3O3/c18-12-7-17(8-13(19)16-12)14(20)5-9-6-15-11-4-2-1-3-10(9)11/h1-4,9,15H,5-8H2,(H,16,18,19). The Bertz CT molecular complexity index is 569. The summed E-state index contributed by atoms with van der Waals surface area (Å²) in [6, 6.07) is 7.88. The first-order valence-corrected chi connectivity index (χ1v) is 6.57. The molecule has 2 aliphatic heterocycles. The fourth-order valence-corrected chi connectivity index (χ4v) is 2.69. The van der Waals surface area contributed by atoms with Gasteiger partial charge in [0.05, 0.1) is 0 Å². The molecule has 1 saturated heterocycles. The van der Waals surface area contributed by atoms with Crippen molar-refractivity contribution < 1.29 is 14.4 Å². The zero-order valence-electron chi connectivity index (χ0n) is 10.9. The molecule has 0 bridgehead atoms. The van der Waals surface area contributed by atoms with Gasteiger partial charge in [0.25, 0.3) is 0 Å². The Labute approximate surface area is 116 Å². The highest BCUT2D eigenvalue weighted by atomic mass is 16.2. The Morgan fingerprint density at radius 3 is 2.65 bits per heavy atom. The van der Waals surface area contributed by atoms with Crippen molar-refractivity contribution in [1.29, 1.82) is 0 Å². The number of imide groups is 1. The summed E-state index contributed by atoms with van der Waals surface area (Å²) >= 11 is 0. The van der Waals surface area contributed by atoms with Gasteiger partial charge in [-0.15, -0.1) is 0 Å².